The first-order valence-corrected chi connectivity index (χ1v) is 11.0. The molecule has 0 fully saturated rings. The normalized spacial score (nSPS) is 13.6. The maximum atomic E-state index is 13.7. The Bertz CT molecular complexity index is 1120. The number of aryl methyl sites for hydroxylation is 3. The number of nitrogens with one attached hydrogen (secondary N) is 2. The summed E-state index contributed by atoms with van der Waals surface area (Å²) < 4.78 is 32.9. The van der Waals surface area contributed by atoms with Gasteiger partial charge in [-0.1, -0.05) is 54.1 Å². The molecular formula is C23H27N3O3S. The van der Waals surface area contributed by atoms with Crippen molar-refractivity contribution >= 4 is 21.2 Å². The number of nitrogens with two attached hydrogens (primary N) is 1. The maximum Gasteiger partial charge on any atom is 0.268 e. The number of benzene rings is 3. The molecule has 3 rings (SSSR count). The fourth-order valence-electron chi connectivity index (χ4n) is 3.49. The van der Waals surface area contributed by atoms with Crippen LogP contribution in [0.3, 0.4) is 0 Å². The van der Waals surface area contributed by atoms with E-state index in [-0.39, 0.29) is 4.90 Å². The Kier molecular flexibility index (Phi) is 6.28. The highest BCUT2D eigenvalue weighted by atomic mass is 32.2. The van der Waals surface area contributed by atoms with E-state index in [0.29, 0.717) is 11.3 Å². The molecule has 1 unspecified atom stereocenters. The van der Waals surface area contributed by atoms with Crippen molar-refractivity contribution in [2.45, 2.75) is 30.7 Å². The highest BCUT2D eigenvalue weighted by molar-refractivity contribution is 7.92. The van der Waals surface area contributed by atoms with Crippen LogP contribution in [0, 0.1) is 20.8 Å². The van der Waals surface area contributed by atoms with E-state index in [4.69, 9.17) is 10.6 Å². The van der Waals surface area contributed by atoms with Crippen LogP contribution < -0.4 is 16.6 Å². The minimum atomic E-state index is -4.07. The number of hydrogen-bond donors (Lipinski definition) is 3. The molecule has 0 bridgehead atoms. The van der Waals surface area contributed by atoms with Gasteiger partial charge in [0, 0.05) is 24.0 Å². The lowest BCUT2D eigenvalue weighted by molar-refractivity contribution is 0.0298. The Labute approximate surface area is 178 Å². The first kappa shape index (κ1) is 22.0. The van der Waals surface area contributed by atoms with Gasteiger partial charge in [0.25, 0.3) is 5.06 Å². The zero-order valence-electron chi connectivity index (χ0n) is 17.6. The third-order valence-corrected chi connectivity index (χ3v) is 7.36. The number of para-hydroxylation sites is 2. The molecule has 0 radical (unpaired) electrons. The molecule has 0 aliphatic carbocycles. The fraction of sp³-hybridized carbons (Fsp3) is 0.217. The molecule has 0 saturated carbocycles. The fourth-order valence-corrected chi connectivity index (χ4v) is 5.16. The van der Waals surface area contributed by atoms with Crippen molar-refractivity contribution < 1.29 is 13.2 Å². The number of hydrazine groups is 1. The van der Waals surface area contributed by atoms with Crippen molar-refractivity contribution in [3.05, 3.63) is 89.0 Å². The van der Waals surface area contributed by atoms with Crippen molar-refractivity contribution in [2.75, 3.05) is 12.4 Å². The topological polar surface area (TPSA) is 93.4 Å². The first-order valence-electron chi connectivity index (χ1n) is 9.54. The van der Waals surface area contributed by atoms with Crippen molar-refractivity contribution in [3.63, 3.8) is 0 Å². The molecule has 0 aliphatic rings. The van der Waals surface area contributed by atoms with E-state index in [1.54, 1.807) is 42.5 Å². The number of sulfone groups is 1. The summed E-state index contributed by atoms with van der Waals surface area (Å²) in [4.78, 5) is 0.106. The van der Waals surface area contributed by atoms with Gasteiger partial charge in [0.1, 0.15) is 0 Å². The third kappa shape index (κ3) is 3.73. The molecule has 1 atom stereocenters. The molecule has 3 aromatic rings. The molecule has 0 heterocycles. The van der Waals surface area contributed by atoms with Crippen molar-refractivity contribution in [2.24, 2.45) is 5.84 Å². The second kappa shape index (κ2) is 8.57. The van der Waals surface area contributed by atoms with Crippen LogP contribution in [0.4, 0.5) is 11.4 Å². The van der Waals surface area contributed by atoms with Crippen molar-refractivity contribution in [3.8, 4) is 0 Å². The van der Waals surface area contributed by atoms with Crippen LogP contribution in [0.1, 0.15) is 22.3 Å². The zero-order valence-corrected chi connectivity index (χ0v) is 18.4. The van der Waals surface area contributed by atoms with Crippen molar-refractivity contribution in [1.29, 1.82) is 0 Å². The standard InChI is InChI=1S/C23H27N3O3S/c1-16-12-14-19(15-13-16)30(27,28)23(26-24,29-4)20-10-5-6-11-21(20)25-22-17(2)8-7-9-18(22)3/h5-15,25-26H,24H2,1-4H3. The van der Waals surface area contributed by atoms with Gasteiger partial charge < -0.3 is 10.1 Å². The first-order chi connectivity index (χ1) is 14.3. The zero-order chi connectivity index (χ0) is 21.9. The summed E-state index contributed by atoms with van der Waals surface area (Å²) in [6, 6.07) is 19.6. The predicted molar refractivity (Wildman–Crippen MR) is 120 cm³/mol. The monoisotopic (exact) mass is 425 g/mol. The summed E-state index contributed by atoms with van der Waals surface area (Å²) in [6.45, 7) is 5.88. The highest BCUT2D eigenvalue weighted by Crippen LogP contribution is 2.39. The SMILES string of the molecule is COC(NN)(c1ccccc1Nc1c(C)cccc1C)S(=O)(=O)c1ccc(C)cc1. The summed E-state index contributed by atoms with van der Waals surface area (Å²) in [6.07, 6.45) is 0. The van der Waals surface area contributed by atoms with Crippen molar-refractivity contribution in [1.82, 2.24) is 5.43 Å². The van der Waals surface area contributed by atoms with E-state index in [1.165, 1.54) is 7.11 Å². The van der Waals surface area contributed by atoms with Gasteiger partial charge in [0.2, 0.25) is 9.84 Å². The summed E-state index contributed by atoms with van der Waals surface area (Å²) >= 11 is 0. The van der Waals surface area contributed by atoms with Gasteiger partial charge in [-0.15, -0.1) is 0 Å². The van der Waals surface area contributed by atoms with Gasteiger partial charge in [-0.05, 0) is 50.1 Å². The number of ether oxygens (including phenoxy) is 1. The predicted octanol–water partition coefficient (Wildman–Crippen LogP) is 4.05. The summed E-state index contributed by atoms with van der Waals surface area (Å²) in [7, 11) is -2.75. The Hall–Kier alpha value is -2.71. The lowest BCUT2D eigenvalue weighted by Gasteiger charge is -2.33. The molecule has 7 heteroatoms. The van der Waals surface area contributed by atoms with Gasteiger partial charge in [-0.2, -0.15) is 0 Å². The minimum Gasteiger partial charge on any atom is -0.355 e. The molecule has 0 amide bonds. The van der Waals surface area contributed by atoms with Crippen LogP contribution in [0.2, 0.25) is 0 Å². The van der Waals surface area contributed by atoms with Crippen LogP contribution >= 0.6 is 0 Å². The molecular weight excluding hydrogens is 398 g/mol. The minimum absolute atomic E-state index is 0.106. The Balaban J connectivity index is 2.19. The highest BCUT2D eigenvalue weighted by Gasteiger charge is 2.48. The summed E-state index contributed by atoms with van der Waals surface area (Å²) in [5, 5.41) is 1.39. The van der Waals surface area contributed by atoms with E-state index in [9.17, 15) is 8.42 Å². The molecule has 30 heavy (non-hydrogen) atoms. The van der Waals surface area contributed by atoms with E-state index in [0.717, 1.165) is 22.4 Å². The number of hydrogen-bond acceptors (Lipinski definition) is 6. The average molecular weight is 426 g/mol. The van der Waals surface area contributed by atoms with Crippen LogP contribution in [0.5, 0.6) is 0 Å². The number of rotatable bonds is 7. The van der Waals surface area contributed by atoms with Gasteiger partial charge >= 0.3 is 0 Å². The Morgan fingerprint density at radius 2 is 1.47 bits per heavy atom. The second-order valence-corrected chi connectivity index (χ2v) is 9.27. The summed E-state index contributed by atoms with van der Waals surface area (Å²) in [5.74, 6) is 5.84. The molecule has 4 N–H and O–H groups in total. The Morgan fingerprint density at radius 1 is 0.867 bits per heavy atom. The molecule has 6 nitrogen and oxygen atoms in total. The largest absolute Gasteiger partial charge is 0.355 e. The average Bonchev–Trinajstić information content (AvgIpc) is 2.73. The quantitative estimate of drug-likeness (QED) is 0.300. The molecule has 158 valence electrons. The molecule has 0 saturated heterocycles. The lowest BCUT2D eigenvalue weighted by Crippen LogP contribution is -2.54. The van der Waals surface area contributed by atoms with Gasteiger partial charge in [0.15, 0.2) is 0 Å². The van der Waals surface area contributed by atoms with Gasteiger partial charge in [-0.3, -0.25) is 5.84 Å². The van der Waals surface area contributed by atoms with Crippen LogP contribution in [0.25, 0.3) is 0 Å². The Morgan fingerprint density at radius 3 is 2.03 bits per heavy atom. The number of methoxy groups -OCH3 is 1. The smallest absolute Gasteiger partial charge is 0.268 e. The molecule has 0 spiro atoms. The summed E-state index contributed by atoms with van der Waals surface area (Å²) in [5.41, 5.74) is 7.30. The van der Waals surface area contributed by atoms with Gasteiger partial charge in [0.05, 0.1) is 4.90 Å². The van der Waals surface area contributed by atoms with Gasteiger partial charge in [-0.25, -0.2) is 13.8 Å². The van der Waals surface area contributed by atoms with Crippen LogP contribution in [-0.2, 0) is 19.6 Å². The molecule has 3 aromatic carbocycles. The van der Waals surface area contributed by atoms with E-state index in [1.807, 2.05) is 45.0 Å². The third-order valence-electron chi connectivity index (χ3n) is 5.21. The van der Waals surface area contributed by atoms with E-state index >= 15 is 0 Å². The lowest BCUT2D eigenvalue weighted by atomic mass is 10.1. The van der Waals surface area contributed by atoms with E-state index in [2.05, 4.69) is 10.7 Å². The molecule has 0 aliphatic heterocycles. The van der Waals surface area contributed by atoms with Crippen LogP contribution in [0.15, 0.2) is 71.6 Å². The van der Waals surface area contributed by atoms with E-state index < -0.39 is 14.9 Å². The van der Waals surface area contributed by atoms with Crippen LogP contribution in [-0.4, -0.2) is 15.5 Å². The second-order valence-electron chi connectivity index (χ2n) is 7.22. The maximum absolute atomic E-state index is 13.7. The molecule has 0 aromatic heterocycles. The number of anilines is 2.